The van der Waals surface area contributed by atoms with Crippen LogP contribution >= 0.6 is 22.9 Å². The van der Waals surface area contributed by atoms with Gasteiger partial charge in [0.25, 0.3) is 11.2 Å². The Balaban J connectivity index is 2.13. The smallest absolute Gasteiger partial charge is 0.275 e. The molecule has 106 valence electrons. The fourth-order valence-electron chi connectivity index (χ4n) is 2.04. The second-order valence-corrected chi connectivity index (χ2v) is 5.63. The lowest BCUT2D eigenvalue weighted by molar-refractivity contribution is -0.385. The standard InChI is InChI=1S/C13H8ClN3O3S/c14-9-2-1-3-11(17(19)20)8(9)6-16-7-15-10-4-5-21-12(10)13(16)18/h1-5,7H,6H2. The maximum Gasteiger partial charge on any atom is 0.275 e. The van der Waals surface area contributed by atoms with Crippen LogP contribution in [-0.4, -0.2) is 14.5 Å². The maximum atomic E-state index is 12.3. The van der Waals surface area contributed by atoms with E-state index in [9.17, 15) is 14.9 Å². The summed E-state index contributed by atoms with van der Waals surface area (Å²) < 4.78 is 1.85. The Morgan fingerprint density at radius 2 is 2.19 bits per heavy atom. The number of nitrogens with zero attached hydrogens (tertiary/aromatic N) is 3. The molecule has 0 radical (unpaired) electrons. The Labute approximate surface area is 127 Å². The summed E-state index contributed by atoms with van der Waals surface area (Å²) in [5.41, 5.74) is 0.573. The summed E-state index contributed by atoms with van der Waals surface area (Å²) in [5, 5.41) is 13.1. The van der Waals surface area contributed by atoms with Crippen molar-refractivity contribution in [1.82, 2.24) is 9.55 Å². The molecule has 0 aliphatic heterocycles. The molecule has 0 atom stereocenters. The molecule has 0 aliphatic rings. The number of aromatic nitrogens is 2. The maximum absolute atomic E-state index is 12.3. The summed E-state index contributed by atoms with van der Waals surface area (Å²) in [7, 11) is 0. The van der Waals surface area contributed by atoms with Gasteiger partial charge in [0.1, 0.15) is 4.70 Å². The van der Waals surface area contributed by atoms with E-state index in [0.717, 1.165) is 0 Å². The number of benzene rings is 1. The summed E-state index contributed by atoms with van der Waals surface area (Å²) in [6, 6.07) is 6.19. The normalized spacial score (nSPS) is 10.9. The third-order valence-corrected chi connectivity index (χ3v) is 4.30. The van der Waals surface area contributed by atoms with Crippen LogP contribution in [-0.2, 0) is 6.54 Å². The molecule has 0 unspecified atom stereocenters. The van der Waals surface area contributed by atoms with Gasteiger partial charge in [0.2, 0.25) is 0 Å². The minimum Gasteiger partial charge on any atom is -0.293 e. The van der Waals surface area contributed by atoms with E-state index in [1.54, 1.807) is 17.5 Å². The second-order valence-electron chi connectivity index (χ2n) is 4.31. The highest BCUT2D eigenvalue weighted by atomic mass is 35.5. The van der Waals surface area contributed by atoms with Crippen molar-refractivity contribution in [3.8, 4) is 0 Å². The van der Waals surface area contributed by atoms with Crippen molar-refractivity contribution >= 4 is 38.8 Å². The number of hydrogen-bond acceptors (Lipinski definition) is 5. The lowest BCUT2D eigenvalue weighted by Gasteiger charge is -2.07. The van der Waals surface area contributed by atoms with Gasteiger partial charge >= 0.3 is 0 Å². The van der Waals surface area contributed by atoms with Crippen LogP contribution in [0.3, 0.4) is 0 Å². The summed E-state index contributed by atoms with van der Waals surface area (Å²) in [4.78, 5) is 27.0. The zero-order chi connectivity index (χ0) is 15.0. The van der Waals surface area contributed by atoms with E-state index in [1.165, 1.54) is 34.4 Å². The van der Waals surface area contributed by atoms with Crippen LogP contribution in [0.1, 0.15) is 5.56 Å². The summed E-state index contributed by atoms with van der Waals surface area (Å²) >= 11 is 7.33. The van der Waals surface area contributed by atoms with E-state index >= 15 is 0 Å². The first-order valence-electron chi connectivity index (χ1n) is 5.92. The van der Waals surface area contributed by atoms with E-state index in [1.807, 2.05) is 0 Å². The van der Waals surface area contributed by atoms with Gasteiger partial charge in [-0.05, 0) is 17.5 Å². The lowest BCUT2D eigenvalue weighted by atomic mass is 10.2. The van der Waals surface area contributed by atoms with Crippen LogP contribution in [0.25, 0.3) is 10.2 Å². The van der Waals surface area contributed by atoms with Crippen LogP contribution < -0.4 is 5.56 Å². The first-order chi connectivity index (χ1) is 10.1. The van der Waals surface area contributed by atoms with E-state index in [4.69, 9.17) is 11.6 Å². The van der Waals surface area contributed by atoms with Gasteiger partial charge in [-0.25, -0.2) is 4.98 Å². The molecular weight excluding hydrogens is 314 g/mol. The van der Waals surface area contributed by atoms with Gasteiger partial charge in [-0.15, -0.1) is 11.3 Å². The number of thiophene rings is 1. The van der Waals surface area contributed by atoms with E-state index in [-0.39, 0.29) is 22.8 Å². The van der Waals surface area contributed by atoms with E-state index in [2.05, 4.69) is 4.98 Å². The molecule has 0 bridgehead atoms. The third kappa shape index (κ3) is 2.41. The molecule has 2 aromatic heterocycles. The Hall–Kier alpha value is -2.25. The minimum absolute atomic E-state index is 0.00958. The van der Waals surface area contributed by atoms with Gasteiger partial charge in [0.15, 0.2) is 0 Å². The number of nitro groups is 1. The van der Waals surface area contributed by atoms with Gasteiger partial charge in [0.05, 0.1) is 33.9 Å². The molecule has 3 aromatic rings. The van der Waals surface area contributed by atoms with Crippen LogP contribution in [0, 0.1) is 10.1 Å². The molecular formula is C13H8ClN3O3S. The molecule has 8 heteroatoms. The average Bonchev–Trinajstić information content (AvgIpc) is 2.92. The Morgan fingerprint density at radius 1 is 1.38 bits per heavy atom. The van der Waals surface area contributed by atoms with Crippen molar-refractivity contribution < 1.29 is 4.92 Å². The number of rotatable bonds is 3. The molecule has 6 nitrogen and oxygen atoms in total. The molecule has 0 fully saturated rings. The largest absolute Gasteiger partial charge is 0.293 e. The third-order valence-electron chi connectivity index (χ3n) is 3.06. The van der Waals surface area contributed by atoms with Gasteiger partial charge in [-0.1, -0.05) is 17.7 Å². The van der Waals surface area contributed by atoms with E-state index < -0.39 is 4.92 Å². The Kier molecular flexibility index (Phi) is 3.44. The van der Waals surface area contributed by atoms with Crippen molar-refractivity contribution in [2.45, 2.75) is 6.54 Å². The predicted octanol–water partition coefficient (Wildman–Crippen LogP) is 3.07. The summed E-state index contributed by atoms with van der Waals surface area (Å²) in [6.07, 6.45) is 1.38. The molecule has 0 saturated carbocycles. The van der Waals surface area contributed by atoms with Gasteiger partial charge in [-0.2, -0.15) is 0 Å². The Morgan fingerprint density at radius 3 is 2.95 bits per heavy atom. The summed E-state index contributed by atoms with van der Waals surface area (Å²) in [5.74, 6) is 0. The molecule has 0 spiro atoms. The first kappa shape index (κ1) is 13.7. The predicted molar refractivity (Wildman–Crippen MR) is 81.1 cm³/mol. The lowest BCUT2D eigenvalue weighted by Crippen LogP contribution is -2.20. The summed E-state index contributed by atoms with van der Waals surface area (Å²) in [6.45, 7) is 0.00958. The fraction of sp³-hybridized carbons (Fsp3) is 0.0769. The van der Waals surface area contributed by atoms with Crippen molar-refractivity contribution in [3.05, 3.63) is 67.0 Å². The number of fused-ring (bicyclic) bond motifs is 1. The van der Waals surface area contributed by atoms with Crippen molar-refractivity contribution in [3.63, 3.8) is 0 Å². The molecule has 0 amide bonds. The topological polar surface area (TPSA) is 78.0 Å². The molecule has 1 aromatic carbocycles. The average molecular weight is 322 g/mol. The van der Waals surface area contributed by atoms with Crippen LogP contribution in [0.2, 0.25) is 5.02 Å². The molecule has 0 aliphatic carbocycles. The molecule has 0 N–H and O–H groups in total. The SMILES string of the molecule is O=c1c2sccc2ncn1Cc1c(Cl)cccc1[N+](=O)[O-]. The zero-order valence-corrected chi connectivity index (χ0v) is 12.1. The van der Waals surface area contributed by atoms with Crippen LogP contribution in [0.15, 0.2) is 40.8 Å². The van der Waals surface area contributed by atoms with Gasteiger partial charge < -0.3 is 0 Å². The first-order valence-corrected chi connectivity index (χ1v) is 7.18. The molecule has 2 heterocycles. The molecule has 3 rings (SSSR count). The molecule has 0 saturated heterocycles. The quantitative estimate of drug-likeness (QED) is 0.548. The monoisotopic (exact) mass is 321 g/mol. The number of nitro benzene ring substituents is 1. The highest BCUT2D eigenvalue weighted by Gasteiger charge is 2.18. The number of hydrogen-bond donors (Lipinski definition) is 0. The van der Waals surface area contributed by atoms with Gasteiger partial charge in [0, 0.05) is 6.07 Å². The van der Waals surface area contributed by atoms with Crippen molar-refractivity contribution in [1.29, 1.82) is 0 Å². The van der Waals surface area contributed by atoms with Crippen LogP contribution in [0.5, 0.6) is 0 Å². The van der Waals surface area contributed by atoms with Gasteiger partial charge in [-0.3, -0.25) is 19.5 Å². The van der Waals surface area contributed by atoms with Crippen molar-refractivity contribution in [2.24, 2.45) is 0 Å². The Bertz CT molecular complexity index is 903. The highest BCUT2D eigenvalue weighted by molar-refractivity contribution is 7.17. The van der Waals surface area contributed by atoms with Crippen molar-refractivity contribution in [2.75, 3.05) is 0 Å². The second kappa shape index (κ2) is 5.27. The number of halogens is 1. The highest BCUT2D eigenvalue weighted by Crippen LogP contribution is 2.26. The zero-order valence-electron chi connectivity index (χ0n) is 10.5. The van der Waals surface area contributed by atoms with Crippen LogP contribution in [0.4, 0.5) is 5.69 Å². The fourth-order valence-corrected chi connectivity index (χ4v) is 3.06. The van der Waals surface area contributed by atoms with E-state index in [0.29, 0.717) is 15.8 Å². The minimum atomic E-state index is -0.511. The molecule has 21 heavy (non-hydrogen) atoms.